The fourth-order valence-corrected chi connectivity index (χ4v) is 2.07. The number of benzene rings is 2. The van der Waals surface area contributed by atoms with Crippen LogP contribution in [0.4, 0.5) is 5.69 Å². The Balaban J connectivity index is 2.12. The maximum absolute atomic E-state index is 12.0. The lowest BCUT2D eigenvalue weighted by atomic mass is 10.1. The quantitative estimate of drug-likeness (QED) is 0.550. The van der Waals surface area contributed by atoms with E-state index in [4.69, 9.17) is 14.6 Å². The van der Waals surface area contributed by atoms with E-state index in [1.807, 2.05) is 0 Å². The Morgan fingerprint density at radius 2 is 1.84 bits per heavy atom. The number of ether oxygens (including phenoxy) is 2. The monoisotopic (exact) mass is 343 g/mol. The van der Waals surface area contributed by atoms with E-state index in [1.54, 1.807) is 31.4 Å². The average Bonchev–Trinajstić information content (AvgIpc) is 2.61. The third-order valence-corrected chi connectivity index (χ3v) is 3.36. The van der Waals surface area contributed by atoms with Crippen LogP contribution in [0.5, 0.6) is 17.2 Å². The summed E-state index contributed by atoms with van der Waals surface area (Å²) >= 11 is 0. The number of amides is 1. The van der Waals surface area contributed by atoms with Gasteiger partial charge in [-0.1, -0.05) is 0 Å². The number of carbonyl (C=O) groups excluding carboxylic acids is 1. The molecule has 7 heteroatoms. The van der Waals surface area contributed by atoms with Crippen molar-refractivity contribution in [3.05, 3.63) is 53.6 Å². The number of aromatic hydroxyl groups is 1. The highest BCUT2D eigenvalue weighted by Crippen LogP contribution is 2.26. The van der Waals surface area contributed by atoms with E-state index < -0.39 is 11.9 Å². The highest BCUT2D eigenvalue weighted by atomic mass is 16.5. The minimum atomic E-state index is -1.17. The van der Waals surface area contributed by atoms with E-state index >= 15 is 0 Å². The van der Waals surface area contributed by atoms with Crippen molar-refractivity contribution in [3.8, 4) is 17.2 Å². The van der Waals surface area contributed by atoms with Crippen LogP contribution >= 0.6 is 0 Å². The molecule has 7 nitrogen and oxygen atoms in total. The lowest BCUT2D eigenvalue weighted by Crippen LogP contribution is -2.08. The van der Waals surface area contributed by atoms with E-state index in [1.165, 1.54) is 25.3 Å². The van der Waals surface area contributed by atoms with Gasteiger partial charge >= 0.3 is 5.97 Å². The number of aromatic carboxylic acids is 1. The number of nitrogens with one attached hydrogen (secondary N) is 1. The normalized spacial score (nSPS) is 10.5. The molecule has 0 atom stereocenters. The van der Waals surface area contributed by atoms with Crippen LogP contribution in [0.15, 0.2) is 42.5 Å². The molecule has 3 N–H and O–H groups in total. The van der Waals surface area contributed by atoms with Gasteiger partial charge in [-0.05, 0) is 36.4 Å². The zero-order valence-corrected chi connectivity index (χ0v) is 13.6. The molecule has 0 aliphatic rings. The molecule has 0 bridgehead atoms. The molecule has 25 heavy (non-hydrogen) atoms. The van der Waals surface area contributed by atoms with Crippen molar-refractivity contribution in [2.24, 2.45) is 0 Å². The zero-order valence-electron chi connectivity index (χ0n) is 13.6. The molecule has 0 saturated heterocycles. The minimum absolute atomic E-state index is 0.0750. The Morgan fingerprint density at radius 1 is 1.08 bits per heavy atom. The Morgan fingerprint density at radius 3 is 2.44 bits per heavy atom. The molecule has 0 aliphatic heterocycles. The number of methoxy groups -OCH3 is 2. The molecule has 0 saturated carbocycles. The molecule has 1 amide bonds. The van der Waals surface area contributed by atoms with Crippen LogP contribution in [-0.2, 0) is 4.79 Å². The van der Waals surface area contributed by atoms with Gasteiger partial charge in [0.05, 0.1) is 25.5 Å². The lowest BCUT2D eigenvalue weighted by Gasteiger charge is -2.08. The fourth-order valence-electron chi connectivity index (χ4n) is 2.07. The summed E-state index contributed by atoms with van der Waals surface area (Å²) in [7, 11) is 3.05. The van der Waals surface area contributed by atoms with Gasteiger partial charge in [-0.15, -0.1) is 0 Å². The van der Waals surface area contributed by atoms with Gasteiger partial charge in [0.15, 0.2) is 0 Å². The lowest BCUT2D eigenvalue weighted by molar-refractivity contribution is -0.111. The first-order chi connectivity index (χ1) is 11.9. The first kappa shape index (κ1) is 17.9. The van der Waals surface area contributed by atoms with Gasteiger partial charge in [-0.2, -0.15) is 0 Å². The summed E-state index contributed by atoms with van der Waals surface area (Å²) in [6, 6.07) is 8.83. The van der Waals surface area contributed by atoms with Gasteiger partial charge in [-0.25, -0.2) is 4.79 Å². The van der Waals surface area contributed by atoms with Crippen LogP contribution in [-0.4, -0.2) is 36.3 Å². The largest absolute Gasteiger partial charge is 0.506 e. The molecule has 0 fully saturated rings. The molecule has 2 aromatic carbocycles. The third kappa shape index (κ3) is 4.51. The summed E-state index contributed by atoms with van der Waals surface area (Å²) in [5.74, 6) is -0.821. The zero-order chi connectivity index (χ0) is 18.4. The number of phenolic OH excluding ortho intramolecular Hbond substituents is 1. The number of hydrogen-bond acceptors (Lipinski definition) is 5. The Bertz CT molecular complexity index is 828. The topological polar surface area (TPSA) is 105 Å². The molecule has 0 radical (unpaired) electrons. The van der Waals surface area contributed by atoms with Crippen LogP contribution in [0.1, 0.15) is 15.9 Å². The predicted molar refractivity (Wildman–Crippen MR) is 92.3 cm³/mol. The number of hydrogen-bond donors (Lipinski definition) is 3. The van der Waals surface area contributed by atoms with E-state index in [0.717, 1.165) is 6.07 Å². The summed E-state index contributed by atoms with van der Waals surface area (Å²) in [5, 5.41) is 21.1. The number of rotatable bonds is 6. The van der Waals surface area contributed by atoms with E-state index in [9.17, 15) is 14.7 Å². The first-order valence-corrected chi connectivity index (χ1v) is 7.22. The molecule has 0 aliphatic carbocycles. The van der Waals surface area contributed by atoms with Gasteiger partial charge in [0.1, 0.15) is 17.2 Å². The van der Waals surface area contributed by atoms with Gasteiger partial charge < -0.3 is 25.0 Å². The first-order valence-electron chi connectivity index (χ1n) is 7.22. The molecule has 0 heterocycles. The summed E-state index contributed by atoms with van der Waals surface area (Å²) in [6.45, 7) is 0. The van der Waals surface area contributed by atoms with Crippen molar-refractivity contribution in [2.75, 3.05) is 19.5 Å². The number of anilines is 1. The highest BCUT2D eigenvalue weighted by Gasteiger charge is 2.09. The smallest absolute Gasteiger partial charge is 0.335 e. The predicted octanol–water partition coefficient (Wildman–Crippen LogP) is 2.76. The SMILES string of the molecule is COc1ccc(/C=C/C(=O)Nc2ccc(C(=O)O)cc2O)c(OC)c1. The van der Waals surface area contributed by atoms with Crippen LogP contribution in [0.3, 0.4) is 0 Å². The second-order valence-corrected chi connectivity index (χ2v) is 4.97. The van der Waals surface area contributed by atoms with E-state index in [2.05, 4.69) is 5.32 Å². The van der Waals surface area contributed by atoms with Crippen LogP contribution in [0, 0.1) is 0 Å². The van der Waals surface area contributed by atoms with Gasteiger partial charge in [0, 0.05) is 17.7 Å². The molecule has 2 aromatic rings. The second-order valence-electron chi connectivity index (χ2n) is 4.97. The van der Waals surface area contributed by atoms with Crippen molar-refractivity contribution >= 4 is 23.6 Å². The van der Waals surface area contributed by atoms with Crippen LogP contribution in [0.2, 0.25) is 0 Å². The highest BCUT2D eigenvalue weighted by molar-refractivity contribution is 6.03. The molecule has 0 unspecified atom stereocenters. The maximum atomic E-state index is 12.0. The van der Waals surface area contributed by atoms with Crippen molar-refractivity contribution in [1.82, 2.24) is 0 Å². The molecular formula is C18H17NO6. The summed E-state index contributed by atoms with van der Waals surface area (Å²) in [6.07, 6.45) is 2.82. The van der Waals surface area contributed by atoms with Gasteiger partial charge in [-0.3, -0.25) is 4.79 Å². The Kier molecular flexibility index (Phi) is 5.62. The maximum Gasteiger partial charge on any atom is 0.335 e. The molecule has 0 spiro atoms. The number of carboxylic acids is 1. The standard InChI is InChI=1S/C18H17NO6/c1-24-13-6-3-11(16(10-13)25-2)5-8-17(21)19-14-7-4-12(18(22)23)9-15(14)20/h3-10,20H,1-2H3,(H,19,21)(H,22,23)/b8-5+. The van der Waals surface area contributed by atoms with Gasteiger partial charge in [0.25, 0.3) is 0 Å². The number of carboxylic acid groups (broad SMARTS) is 1. The molecule has 0 aromatic heterocycles. The molecule has 130 valence electrons. The summed E-state index contributed by atoms with van der Waals surface area (Å²) in [5.41, 5.74) is 0.708. The summed E-state index contributed by atoms with van der Waals surface area (Å²) < 4.78 is 10.3. The van der Waals surface area contributed by atoms with Crippen LogP contribution in [0.25, 0.3) is 6.08 Å². The van der Waals surface area contributed by atoms with Crippen molar-refractivity contribution in [3.63, 3.8) is 0 Å². The van der Waals surface area contributed by atoms with Crippen molar-refractivity contribution in [2.45, 2.75) is 0 Å². The average molecular weight is 343 g/mol. The summed E-state index contributed by atoms with van der Waals surface area (Å²) in [4.78, 5) is 22.8. The van der Waals surface area contributed by atoms with Gasteiger partial charge in [0.2, 0.25) is 5.91 Å². The van der Waals surface area contributed by atoms with Crippen LogP contribution < -0.4 is 14.8 Å². The minimum Gasteiger partial charge on any atom is -0.506 e. The third-order valence-electron chi connectivity index (χ3n) is 3.36. The Labute approximate surface area is 144 Å². The Hall–Kier alpha value is -3.48. The van der Waals surface area contributed by atoms with E-state index in [-0.39, 0.29) is 17.0 Å². The molecular weight excluding hydrogens is 326 g/mol. The van der Waals surface area contributed by atoms with Crippen molar-refractivity contribution in [1.29, 1.82) is 0 Å². The molecule has 2 rings (SSSR count). The number of carbonyl (C=O) groups is 2. The fraction of sp³-hybridized carbons (Fsp3) is 0.111. The van der Waals surface area contributed by atoms with Crippen molar-refractivity contribution < 1.29 is 29.3 Å². The van der Waals surface area contributed by atoms with E-state index in [0.29, 0.717) is 17.1 Å². The number of phenols is 1. The second kappa shape index (κ2) is 7.87.